The summed E-state index contributed by atoms with van der Waals surface area (Å²) in [4.78, 5) is 10.2. The van der Waals surface area contributed by atoms with E-state index in [-0.39, 0.29) is 6.10 Å². The van der Waals surface area contributed by atoms with Crippen LogP contribution in [0.4, 0.5) is 0 Å². The zero-order valence-electron chi connectivity index (χ0n) is 14.8. The molecule has 4 N–H and O–H groups in total. The Labute approximate surface area is 154 Å². The van der Waals surface area contributed by atoms with Gasteiger partial charge < -0.3 is 20.6 Å². The van der Waals surface area contributed by atoms with Crippen molar-refractivity contribution in [1.29, 1.82) is 0 Å². The summed E-state index contributed by atoms with van der Waals surface area (Å²) in [7, 11) is 0. The van der Waals surface area contributed by atoms with E-state index in [9.17, 15) is 9.90 Å². The van der Waals surface area contributed by atoms with E-state index < -0.39 is 12.1 Å². The van der Waals surface area contributed by atoms with Gasteiger partial charge in [-0.15, -0.1) is 0 Å². The molecule has 0 bridgehead atoms. The van der Waals surface area contributed by atoms with E-state index in [2.05, 4.69) is 17.4 Å². The fourth-order valence-electron chi connectivity index (χ4n) is 2.97. The smallest absolute Gasteiger partial charge is 0.337 e. The van der Waals surface area contributed by atoms with Crippen molar-refractivity contribution in [3.8, 4) is 0 Å². The molecular formula is C21H27NO4. The number of carboxylic acid groups (broad SMARTS) is 1. The van der Waals surface area contributed by atoms with Gasteiger partial charge >= 0.3 is 5.97 Å². The molecule has 1 aliphatic rings. The van der Waals surface area contributed by atoms with E-state index in [4.69, 9.17) is 10.2 Å². The molecule has 0 radical (unpaired) electrons. The van der Waals surface area contributed by atoms with Crippen molar-refractivity contribution in [1.82, 2.24) is 5.32 Å². The Morgan fingerprint density at radius 3 is 2.15 bits per heavy atom. The zero-order valence-corrected chi connectivity index (χ0v) is 14.8. The maximum atomic E-state index is 10.2. The van der Waals surface area contributed by atoms with Crippen molar-refractivity contribution in [3.63, 3.8) is 0 Å². The second-order valence-electron chi connectivity index (χ2n) is 6.48. The van der Waals surface area contributed by atoms with Crippen molar-refractivity contribution in [2.45, 2.75) is 50.5 Å². The van der Waals surface area contributed by atoms with Gasteiger partial charge in [-0.25, -0.2) is 4.79 Å². The Balaban J connectivity index is 0.000000197. The summed E-state index contributed by atoms with van der Waals surface area (Å²) < 4.78 is 0. The molecule has 1 aliphatic carbocycles. The van der Waals surface area contributed by atoms with Crippen LogP contribution in [0, 0.1) is 0 Å². The number of nitrogens with one attached hydrogen (secondary N) is 1. The van der Waals surface area contributed by atoms with Crippen LogP contribution in [0.3, 0.4) is 0 Å². The molecule has 140 valence electrons. The first-order valence-corrected chi connectivity index (χ1v) is 8.99. The lowest BCUT2D eigenvalue weighted by molar-refractivity contribution is -0.146. The van der Waals surface area contributed by atoms with Gasteiger partial charge in [0.25, 0.3) is 0 Å². The summed E-state index contributed by atoms with van der Waals surface area (Å²) in [6.45, 7) is 0.864. The standard InChI is InChI=1S/C13H19NO.C8H8O3/c15-13-9-5-4-8-12(13)14-10-11-6-2-1-3-7-11;9-7(8(10)11)6-4-2-1-3-5-6/h1-3,6-7,12-15H,4-5,8-10H2;1-5,7,9H,(H,10,11)/t12-,13-;7-/m01/s1. The van der Waals surface area contributed by atoms with Gasteiger partial charge in [0, 0.05) is 12.6 Å². The van der Waals surface area contributed by atoms with Crippen LogP contribution in [0.1, 0.15) is 42.9 Å². The number of carboxylic acids is 1. The minimum atomic E-state index is -1.41. The maximum Gasteiger partial charge on any atom is 0.337 e. The number of benzene rings is 2. The van der Waals surface area contributed by atoms with E-state index in [1.165, 1.54) is 18.4 Å². The zero-order chi connectivity index (χ0) is 18.8. The number of aliphatic carboxylic acids is 1. The molecule has 0 saturated heterocycles. The van der Waals surface area contributed by atoms with Gasteiger partial charge in [0.1, 0.15) is 0 Å². The average Bonchev–Trinajstić information content (AvgIpc) is 2.69. The number of aliphatic hydroxyl groups excluding tert-OH is 2. The third-order valence-corrected chi connectivity index (χ3v) is 4.49. The molecule has 1 fully saturated rings. The van der Waals surface area contributed by atoms with Crippen molar-refractivity contribution in [2.24, 2.45) is 0 Å². The lowest BCUT2D eigenvalue weighted by Crippen LogP contribution is -2.41. The largest absolute Gasteiger partial charge is 0.479 e. The predicted molar refractivity (Wildman–Crippen MR) is 101 cm³/mol. The van der Waals surface area contributed by atoms with E-state index in [0.717, 1.165) is 19.4 Å². The fraction of sp³-hybridized carbons (Fsp3) is 0.381. The Hall–Kier alpha value is -2.21. The van der Waals surface area contributed by atoms with Gasteiger partial charge in [0.15, 0.2) is 6.10 Å². The molecule has 2 aromatic carbocycles. The Morgan fingerprint density at radius 2 is 1.58 bits per heavy atom. The van der Waals surface area contributed by atoms with E-state index >= 15 is 0 Å². The van der Waals surface area contributed by atoms with Gasteiger partial charge in [-0.05, 0) is 24.0 Å². The van der Waals surface area contributed by atoms with Crippen LogP contribution in [0.2, 0.25) is 0 Å². The topological polar surface area (TPSA) is 89.8 Å². The Kier molecular flexibility index (Phi) is 8.28. The highest BCUT2D eigenvalue weighted by molar-refractivity contribution is 5.73. The van der Waals surface area contributed by atoms with Gasteiger partial charge in [-0.1, -0.05) is 73.5 Å². The molecular weight excluding hydrogens is 330 g/mol. The third-order valence-electron chi connectivity index (χ3n) is 4.49. The molecule has 2 aromatic rings. The normalized spacial score (nSPS) is 20.5. The van der Waals surface area contributed by atoms with E-state index in [0.29, 0.717) is 11.6 Å². The van der Waals surface area contributed by atoms with Gasteiger partial charge in [0.05, 0.1) is 6.10 Å². The highest BCUT2D eigenvalue weighted by atomic mass is 16.4. The minimum absolute atomic E-state index is 0.150. The monoisotopic (exact) mass is 357 g/mol. The van der Waals surface area contributed by atoms with Crippen molar-refractivity contribution in [2.75, 3.05) is 0 Å². The molecule has 0 amide bonds. The lowest BCUT2D eigenvalue weighted by atomic mass is 9.92. The summed E-state index contributed by atoms with van der Waals surface area (Å²) in [6.07, 6.45) is 2.91. The molecule has 5 heteroatoms. The first-order chi connectivity index (χ1) is 12.6. The SMILES string of the molecule is O=C(O)[C@H](O)c1ccccc1.O[C@H]1CCCC[C@@H]1NCc1ccccc1. The number of carbonyl (C=O) groups is 1. The second-order valence-corrected chi connectivity index (χ2v) is 6.48. The highest BCUT2D eigenvalue weighted by Gasteiger charge is 2.21. The third kappa shape index (κ3) is 6.59. The Morgan fingerprint density at radius 1 is 1.00 bits per heavy atom. The molecule has 0 unspecified atom stereocenters. The number of hydrogen-bond acceptors (Lipinski definition) is 4. The quantitative estimate of drug-likeness (QED) is 0.661. The molecule has 0 heterocycles. The molecule has 5 nitrogen and oxygen atoms in total. The predicted octanol–water partition coefficient (Wildman–Crippen LogP) is 2.88. The summed E-state index contributed by atoms with van der Waals surface area (Å²) in [5, 5.41) is 30.6. The van der Waals surface area contributed by atoms with Gasteiger partial charge in [0.2, 0.25) is 0 Å². The van der Waals surface area contributed by atoms with Crippen LogP contribution in [-0.2, 0) is 11.3 Å². The van der Waals surface area contributed by atoms with E-state index in [1.54, 1.807) is 30.3 Å². The maximum absolute atomic E-state index is 10.2. The Bertz CT molecular complexity index is 648. The second kappa shape index (κ2) is 10.7. The molecule has 26 heavy (non-hydrogen) atoms. The number of hydrogen-bond donors (Lipinski definition) is 4. The molecule has 0 aliphatic heterocycles. The molecule has 3 atom stereocenters. The summed E-state index contributed by atoms with van der Waals surface area (Å²) in [6, 6.07) is 18.9. The number of aliphatic hydroxyl groups is 2. The molecule has 3 rings (SSSR count). The highest BCUT2D eigenvalue weighted by Crippen LogP contribution is 2.18. The van der Waals surface area contributed by atoms with E-state index in [1.807, 2.05) is 18.2 Å². The molecule has 1 saturated carbocycles. The first-order valence-electron chi connectivity index (χ1n) is 8.99. The number of rotatable bonds is 5. The van der Waals surface area contributed by atoms with Crippen LogP contribution < -0.4 is 5.32 Å². The van der Waals surface area contributed by atoms with Gasteiger partial charge in [-0.2, -0.15) is 0 Å². The van der Waals surface area contributed by atoms with Crippen LogP contribution in [0.25, 0.3) is 0 Å². The molecule has 0 aromatic heterocycles. The van der Waals surface area contributed by atoms with Crippen molar-refractivity contribution in [3.05, 3.63) is 71.8 Å². The first kappa shape index (κ1) is 20.1. The summed E-state index contributed by atoms with van der Waals surface area (Å²) in [5.74, 6) is -1.23. The van der Waals surface area contributed by atoms with Crippen LogP contribution in [0.15, 0.2) is 60.7 Å². The van der Waals surface area contributed by atoms with Crippen LogP contribution in [-0.4, -0.2) is 33.4 Å². The van der Waals surface area contributed by atoms with Crippen LogP contribution in [0.5, 0.6) is 0 Å². The fourth-order valence-corrected chi connectivity index (χ4v) is 2.97. The van der Waals surface area contributed by atoms with Crippen molar-refractivity contribution < 1.29 is 20.1 Å². The average molecular weight is 357 g/mol. The summed E-state index contributed by atoms with van der Waals surface area (Å²) >= 11 is 0. The van der Waals surface area contributed by atoms with Gasteiger partial charge in [-0.3, -0.25) is 0 Å². The van der Waals surface area contributed by atoms with Crippen molar-refractivity contribution >= 4 is 5.97 Å². The minimum Gasteiger partial charge on any atom is -0.479 e. The summed E-state index contributed by atoms with van der Waals surface area (Å²) in [5.41, 5.74) is 1.69. The lowest BCUT2D eigenvalue weighted by Gasteiger charge is -2.28. The molecule has 0 spiro atoms. The van der Waals surface area contributed by atoms with Crippen LogP contribution >= 0.6 is 0 Å².